The Hall–Kier alpha value is -0.920. The van der Waals surface area contributed by atoms with Crippen molar-refractivity contribution in [3.63, 3.8) is 0 Å². The normalized spacial score (nSPS) is 10.2. The molecular formula is C11H16IN3O2. The van der Waals surface area contributed by atoms with Crippen molar-refractivity contribution in [3.8, 4) is 0 Å². The number of rotatable bonds is 7. The Bertz CT molecular complexity index is 385. The lowest BCUT2D eigenvalue weighted by atomic mass is 10.2. The molecule has 1 aromatic heterocycles. The minimum absolute atomic E-state index is 0.241. The maximum atomic E-state index is 11.5. The zero-order valence-corrected chi connectivity index (χ0v) is 11.7. The van der Waals surface area contributed by atoms with Gasteiger partial charge in [0.1, 0.15) is 5.69 Å². The first kappa shape index (κ1) is 14.1. The van der Waals surface area contributed by atoms with Gasteiger partial charge in [-0.1, -0.05) is 35.4 Å². The number of hydrogen-bond acceptors (Lipinski definition) is 3. The fourth-order valence-corrected chi connectivity index (χ4v) is 1.88. The second-order valence-electron chi connectivity index (χ2n) is 3.67. The van der Waals surface area contributed by atoms with Crippen LogP contribution in [-0.2, 0) is 0 Å². The van der Waals surface area contributed by atoms with E-state index in [1.165, 1.54) is 29.4 Å². The first-order valence-electron chi connectivity index (χ1n) is 5.64. The van der Waals surface area contributed by atoms with E-state index < -0.39 is 0 Å². The molecule has 2 N–H and O–H groups in total. The number of carbonyl (C=O) groups excluding carboxylic acids is 1. The zero-order chi connectivity index (χ0) is 12.5. The highest BCUT2D eigenvalue weighted by atomic mass is 127. The van der Waals surface area contributed by atoms with Gasteiger partial charge in [0, 0.05) is 12.6 Å². The molecule has 0 saturated carbocycles. The van der Waals surface area contributed by atoms with Gasteiger partial charge in [0.05, 0.1) is 0 Å². The second-order valence-corrected chi connectivity index (χ2v) is 4.74. The summed E-state index contributed by atoms with van der Waals surface area (Å²) in [4.78, 5) is 22.3. The van der Waals surface area contributed by atoms with Gasteiger partial charge in [-0.05, 0) is 23.3 Å². The first-order chi connectivity index (χ1) is 8.24. The third kappa shape index (κ3) is 5.81. The van der Waals surface area contributed by atoms with Crippen LogP contribution in [0.1, 0.15) is 36.2 Å². The molecule has 0 aliphatic heterocycles. The molecule has 6 heteroatoms. The van der Waals surface area contributed by atoms with E-state index in [-0.39, 0.29) is 17.2 Å². The van der Waals surface area contributed by atoms with Gasteiger partial charge in [-0.3, -0.25) is 9.59 Å². The Kier molecular flexibility index (Phi) is 6.83. The number of unbranched alkanes of at least 4 members (excludes halogenated alkanes) is 3. The van der Waals surface area contributed by atoms with Crippen LogP contribution in [0.4, 0.5) is 0 Å². The Morgan fingerprint density at radius 3 is 2.71 bits per heavy atom. The Balaban J connectivity index is 2.21. The van der Waals surface area contributed by atoms with Gasteiger partial charge >= 0.3 is 0 Å². The lowest BCUT2D eigenvalue weighted by Crippen LogP contribution is -2.26. The fourth-order valence-electron chi connectivity index (χ4n) is 1.34. The van der Waals surface area contributed by atoms with Crippen LogP contribution in [0, 0.1) is 0 Å². The van der Waals surface area contributed by atoms with Crippen molar-refractivity contribution in [3.05, 3.63) is 28.2 Å². The minimum atomic E-state index is -0.305. The summed E-state index contributed by atoms with van der Waals surface area (Å²) in [6.07, 6.45) is 4.54. The Morgan fingerprint density at radius 2 is 2.06 bits per heavy atom. The molecule has 1 rings (SSSR count). The quantitative estimate of drug-likeness (QED) is 0.445. The number of nitrogens with one attached hydrogen (secondary N) is 2. The summed E-state index contributed by atoms with van der Waals surface area (Å²) >= 11 is 2.36. The number of nitrogens with zero attached hydrogens (tertiary/aromatic N) is 1. The van der Waals surface area contributed by atoms with E-state index in [9.17, 15) is 9.59 Å². The number of H-pyrrole nitrogens is 1. The maximum absolute atomic E-state index is 11.5. The molecule has 5 nitrogen and oxygen atoms in total. The van der Waals surface area contributed by atoms with Crippen LogP contribution in [0.15, 0.2) is 16.9 Å². The number of aromatic amines is 1. The monoisotopic (exact) mass is 349 g/mol. The van der Waals surface area contributed by atoms with Crippen molar-refractivity contribution >= 4 is 28.5 Å². The van der Waals surface area contributed by atoms with E-state index in [2.05, 4.69) is 38.1 Å². The predicted molar refractivity (Wildman–Crippen MR) is 74.5 cm³/mol. The average Bonchev–Trinajstić information content (AvgIpc) is 2.34. The highest BCUT2D eigenvalue weighted by Crippen LogP contribution is 2.01. The van der Waals surface area contributed by atoms with Gasteiger partial charge in [0.15, 0.2) is 0 Å². The maximum Gasteiger partial charge on any atom is 0.271 e. The number of amides is 1. The highest BCUT2D eigenvalue weighted by Gasteiger charge is 2.05. The van der Waals surface area contributed by atoms with Gasteiger partial charge < -0.3 is 5.32 Å². The minimum Gasteiger partial charge on any atom is -0.351 e. The van der Waals surface area contributed by atoms with Crippen molar-refractivity contribution < 1.29 is 4.79 Å². The molecule has 17 heavy (non-hydrogen) atoms. The Labute approximate surface area is 114 Å². The average molecular weight is 349 g/mol. The fraction of sp³-hybridized carbons (Fsp3) is 0.545. The standard InChI is InChI=1S/C11H16IN3O2/c12-7-3-1-2-4-8-13-11(17)9-5-6-10(16)15-14-9/h5-6H,1-4,7-8H2,(H,13,17)(H,15,16). The summed E-state index contributed by atoms with van der Waals surface area (Å²) < 4.78 is 1.19. The van der Waals surface area contributed by atoms with Crippen LogP contribution in [-0.4, -0.2) is 27.1 Å². The van der Waals surface area contributed by atoms with Gasteiger partial charge in [0.2, 0.25) is 0 Å². The van der Waals surface area contributed by atoms with E-state index in [0.29, 0.717) is 6.54 Å². The van der Waals surface area contributed by atoms with Crippen LogP contribution in [0.2, 0.25) is 0 Å². The molecule has 1 heterocycles. The molecule has 0 unspecified atom stereocenters. The van der Waals surface area contributed by atoms with Gasteiger partial charge in [-0.15, -0.1) is 0 Å². The van der Waals surface area contributed by atoms with Crippen LogP contribution in [0.3, 0.4) is 0 Å². The zero-order valence-electron chi connectivity index (χ0n) is 9.54. The van der Waals surface area contributed by atoms with Gasteiger partial charge in [-0.25, -0.2) is 5.10 Å². The molecule has 0 fully saturated rings. The smallest absolute Gasteiger partial charge is 0.271 e. The van der Waals surface area contributed by atoms with Crippen molar-refractivity contribution in [2.75, 3.05) is 11.0 Å². The number of halogens is 1. The molecule has 0 bridgehead atoms. The third-order valence-corrected chi connectivity index (χ3v) is 3.02. The summed E-state index contributed by atoms with van der Waals surface area (Å²) in [7, 11) is 0. The molecule has 0 saturated heterocycles. The molecule has 0 radical (unpaired) electrons. The van der Waals surface area contributed by atoms with Gasteiger partial charge in [0.25, 0.3) is 11.5 Å². The predicted octanol–water partition coefficient (Wildman–Crippen LogP) is 1.50. The molecule has 0 spiro atoms. The molecule has 0 aliphatic carbocycles. The summed E-state index contributed by atoms with van der Waals surface area (Å²) in [6.45, 7) is 0.654. The number of aromatic nitrogens is 2. The molecule has 94 valence electrons. The molecule has 1 aromatic rings. The van der Waals surface area contributed by atoms with Crippen molar-refractivity contribution in [1.82, 2.24) is 15.5 Å². The number of alkyl halides is 1. The summed E-state index contributed by atoms with van der Waals surface area (Å²) in [5.74, 6) is -0.241. The van der Waals surface area contributed by atoms with E-state index in [1.54, 1.807) is 0 Å². The molecule has 0 atom stereocenters. The van der Waals surface area contributed by atoms with Gasteiger partial charge in [-0.2, -0.15) is 5.10 Å². The molecule has 0 aliphatic rings. The topological polar surface area (TPSA) is 74.8 Å². The van der Waals surface area contributed by atoms with Crippen molar-refractivity contribution in [2.45, 2.75) is 25.7 Å². The van der Waals surface area contributed by atoms with Crippen LogP contribution in [0.5, 0.6) is 0 Å². The SMILES string of the molecule is O=C(NCCCCCCI)c1ccc(=O)[nH]n1. The van der Waals surface area contributed by atoms with E-state index in [0.717, 1.165) is 12.8 Å². The summed E-state index contributed by atoms with van der Waals surface area (Å²) in [6, 6.07) is 2.71. The van der Waals surface area contributed by atoms with Crippen LogP contribution >= 0.6 is 22.6 Å². The summed E-state index contributed by atoms with van der Waals surface area (Å²) in [5, 5.41) is 8.66. The largest absolute Gasteiger partial charge is 0.351 e. The number of carbonyl (C=O) groups is 1. The van der Waals surface area contributed by atoms with Crippen LogP contribution in [0.25, 0.3) is 0 Å². The van der Waals surface area contributed by atoms with Crippen molar-refractivity contribution in [1.29, 1.82) is 0 Å². The highest BCUT2D eigenvalue weighted by molar-refractivity contribution is 14.1. The van der Waals surface area contributed by atoms with E-state index in [1.807, 2.05) is 0 Å². The molecule has 1 amide bonds. The second kappa shape index (κ2) is 8.21. The van der Waals surface area contributed by atoms with E-state index in [4.69, 9.17) is 0 Å². The van der Waals surface area contributed by atoms with Crippen molar-refractivity contribution in [2.24, 2.45) is 0 Å². The molecule has 0 aromatic carbocycles. The summed E-state index contributed by atoms with van der Waals surface area (Å²) in [5.41, 5.74) is -0.0581. The molecular weight excluding hydrogens is 333 g/mol. The van der Waals surface area contributed by atoms with E-state index >= 15 is 0 Å². The lowest BCUT2D eigenvalue weighted by molar-refractivity contribution is 0.0947. The lowest BCUT2D eigenvalue weighted by Gasteiger charge is -2.03. The van der Waals surface area contributed by atoms with Crippen LogP contribution < -0.4 is 10.9 Å². The Morgan fingerprint density at radius 1 is 1.29 bits per heavy atom. The number of hydrogen-bond donors (Lipinski definition) is 2. The first-order valence-corrected chi connectivity index (χ1v) is 7.16. The third-order valence-electron chi connectivity index (χ3n) is 2.26.